The van der Waals surface area contributed by atoms with Crippen LogP contribution in [-0.4, -0.2) is 37.2 Å². The Hall–Kier alpha value is -2.63. The summed E-state index contributed by atoms with van der Waals surface area (Å²) < 4.78 is 16.8. The van der Waals surface area contributed by atoms with Crippen molar-refractivity contribution in [1.29, 1.82) is 0 Å². The van der Waals surface area contributed by atoms with Gasteiger partial charge in [0.2, 0.25) is 0 Å². The Morgan fingerprint density at radius 3 is 0.985 bits per heavy atom. The van der Waals surface area contributed by atoms with Crippen molar-refractivity contribution in [3.05, 3.63) is 48.6 Å². The van der Waals surface area contributed by atoms with Crippen molar-refractivity contribution in [2.45, 2.75) is 297 Å². The highest BCUT2D eigenvalue weighted by atomic mass is 16.6. The van der Waals surface area contributed by atoms with Crippen LogP contribution in [0.15, 0.2) is 48.6 Å². The zero-order valence-electron chi connectivity index (χ0n) is 43.3. The lowest BCUT2D eigenvalue weighted by atomic mass is 10.0. The fourth-order valence-corrected chi connectivity index (χ4v) is 8.02. The zero-order chi connectivity index (χ0) is 47.2. The summed E-state index contributed by atoms with van der Waals surface area (Å²) in [6.07, 6.45) is 65.4. The van der Waals surface area contributed by atoms with Crippen molar-refractivity contribution in [1.82, 2.24) is 0 Å². The van der Waals surface area contributed by atoms with Gasteiger partial charge < -0.3 is 14.2 Å². The number of carbonyl (C=O) groups is 3. The highest BCUT2D eigenvalue weighted by Gasteiger charge is 2.19. The van der Waals surface area contributed by atoms with Gasteiger partial charge in [0.25, 0.3) is 0 Å². The first-order valence-electron chi connectivity index (χ1n) is 28.1. The predicted molar refractivity (Wildman–Crippen MR) is 279 cm³/mol. The molecule has 0 aromatic rings. The molecule has 0 spiro atoms. The standard InChI is InChI=1S/C59H106O6/c1-4-7-10-13-16-19-22-24-26-27-28-29-30-31-33-35-38-40-43-46-49-52-58(61)64-55-56(65-59(62)53-50-47-44-41-36-21-18-15-12-9-6-3)54-63-57(60)51-48-45-42-39-37-34-32-25-23-20-17-14-11-8-5-2/h15,17-18,20,25,32,37,39,56H,4-14,16,19,21-24,26-31,33-36,38,40-55H2,1-3H3/b18-15-,20-17-,32-25-,39-37-/t56-/m1/s1. The molecule has 0 amide bonds. The second-order valence-electron chi connectivity index (χ2n) is 18.8. The fraction of sp³-hybridized carbons (Fsp3) is 0.814. The number of unbranched alkanes of at least 4 members (excludes halogenated alkanes) is 32. The van der Waals surface area contributed by atoms with Crippen LogP contribution in [0.25, 0.3) is 0 Å². The molecule has 0 fully saturated rings. The van der Waals surface area contributed by atoms with E-state index in [-0.39, 0.29) is 31.1 Å². The van der Waals surface area contributed by atoms with Gasteiger partial charge in [-0.05, 0) is 77.0 Å². The number of hydrogen-bond acceptors (Lipinski definition) is 6. The molecule has 0 aliphatic carbocycles. The molecular formula is C59H106O6. The highest BCUT2D eigenvalue weighted by molar-refractivity contribution is 5.71. The van der Waals surface area contributed by atoms with Crippen LogP contribution in [0.2, 0.25) is 0 Å². The van der Waals surface area contributed by atoms with Gasteiger partial charge in [0.05, 0.1) is 0 Å². The average molecular weight is 911 g/mol. The number of rotatable bonds is 51. The molecule has 6 nitrogen and oxygen atoms in total. The molecule has 0 aliphatic rings. The average Bonchev–Trinajstić information content (AvgIpc) is 3.30. The van der Waals surface area contributed by atoms with E-state index in [2.05, 4.69) is 69.4 Å². The highest BCUT2D eigenvalue weighted by Crippen LogP contribution is 2.16. The van der Waals surface area contributed by atoms with Gasteiger partial charge in [-0.1, -0.05) is 243 Å². The van der Waals surface area contributed by atoms with Crippen molar-refractivity contribution >= 4 is 17.9 Å². The zero-order valence-corrected chi connectivity index (χ0v) is 43.3. The summed E-state index contributed by atoms with van der Waals surface area (Å²) in [4.78, 5) is 38.0. The Labute approximate surface area is 403 Å². The van der Waals surface area contributed by atoms with Crippen molar-refractivity contribution in [2.75, 3.05) is 13.2 Å². The number of ether oxygens (including phenoxy) is 3. The Morgan fingerprint density at radius 1 is 0.308 bits per heavy atom. The van der Waals surface area contributed by atoms with E-state index in [9.17, 15) is 14.4 Å². The first-order chi connectivity index (χ1) is 32.0. The molecule has 6 heteroatoms. The van der Waals surface area contributed by atoms with Crippen LogP contribution in [0.3, 0.4) is 0 Å². The Morgan fingerprint density at radius 2 is 0.569 bits per heavy atom. The smallest absolute Gasteiger partial charge is 0.306 e. The van der Waals surface area contributed by atoms with Crippen LogP contribution in [-0.2, 0) is 28.6 Å². The van der Waals surface area contributed by atoms with Crippen LogP contribution < -0.4 is 0 Å². The molecule has 0 bridgehead atoms. The second-order valence-corrected chi connectivity index (χ2v) is 18.8. The summed E-state index contributed by atoms with van der Waals surface area (Å²) in [6.45, 7) is 6.56. The number of carbonyl (C=O) groups excluding carboxylic acids is 3. The van der Waals surface area contributed by atoms with E-state index in [1.54, 1.807) is 0 Å². The molecule has 0 saturated heterocycles. The van der Waals surface area contributed by atoms with Crippen molar-refractivity contribution < 1.29 is 28.6 Å². The minimum absolute atomic E-state index is 0.0859. The summed E-state index contributed by atoms with van der Waals surface area (Å²) in [5.74, 6) is -0.925. The van der Waals surface area contributed by atoms with Crippen LogP contribution in [0.1, 0.15) is 290 Å². The van der Waals surface area contributed by atoms with E-state index in [0.717, 1.165) is 83.5 Å². The minimum Gasteiger partial charge on any atom is -0.462 e. The third-order valence-electron chi connectivity index (χ3n) is 12.3. The van der Waals surface area contributed by atoms with Crippen LogP contribution in [0, 0.1) is 0 Å². The second kappa shape index (κ2) is 54.0. The summed E-state index contributed by atoms with van der Waals surface area (Å²) >= 11 is 0. The molecule has 1 atom stereocenters. The lowest BCUT2D eigenvalue weighted by Gasteiger charge is -2.18. The number of esters is 3. The molecule has 0 radical (unpaired) electrons. The van der Waals surface area contributed by atoms with E-state index in [1.807, 2.05) is 0 Å². The molecule has 0 aromatic carbocycles. The van der Waals surface area contributed by atoms with Gasteiger partial charge in [0, 0.05) is 19.3 Å². The third-order valence-corrected chi connectivity index (χ3v) is 12.3. The fourth-order valence-electron chi connectivity index (χ4n) is 8.02. The predicted octanol–water partition coefficient (Wildman–Crippen LogP) is 18.7. The van der Waals surface area contributed by atoms with Crippen molar-refractivity contribution in [2.24, 2.45) is 0 Å². The van der Waals surface area contributed by atoms with Gasteiger partial charge >= 0.3 is 17.9 Å². The maximum absolute atomic E-state index is 12.8. The lowest BCUT2D eigenvalue weighted by Crippen LogP contribution is -2.30. The lowest BCUT2D eigenvalue weighted by molar-refractivity contribution is -0.167. The monoisotopic (exact) mass is 911 g/mol. The molecule has 0 N–H and O–H groups in total. The maximum Gasteiger partial charge on any atom is 0.306 e. The van der Waals surface area contributed by atoms with Gasteiger partial charge in [-0.2, -0.15) is 0 Å². The topological polar surface area (TPSA) is 78.9 Å². The van der Waals surface area contributed by atoms with Crippen LogP contribution >= 0.6 is 0 Å². The first kappa shape index (κ1) is 62.4. The third kappa shape index (κ3) is 52.2. The minimum atomic E-state index is -0.790. The quantitative estimate of drug-likeness (QED) is 0.0262. The number of allylic oxidation sites excluding steroid dienone is 8. The number of hydrogen-bond donors (Lipinski definition) is 0. The van der Waals surface area contributed by atoms with Crippen LogP contribution in [0.5, 0.6) is 0 Å². The molecular weight excluding hydrogens is 805 g/mol. The molecule has 65 heavy (non-hydrogen) atoms. The van der Waals surface area contributed by atoms with Gasteiger partial charge in [-0.3, -0.25) is 14.4 Å². The van der Waals surface area contributed by atoms with Crippen molar-refractivity contribution in [3.63, 3.8) is 0 Å². The van der Waals surface area contributed by atoms with Gasteiger partial charge in [0.15, 0.2) is 6.10 Å². The van der Waals surface area contributed by atoms with E-state index in [4.69, 9.17) is 14.2 Å². The van der Waals surface area contributed by atoms with E-state index in [0.29, 0.717) is 19.3 Å². The van der Waals surface area contributed by atoms with Gasteiger partial charge in [0.1, 0.15) is 13.2 Å². The summed E-state index contributed by atoms with van der Waals surface area (Å²) in [5.41, 5.74) is 0. The Kier molecular flexibility index (Phi) is 51.8. The molecule has 378 valence electrons. The molecule has 0 heterocycles. The van der Waals surface area contributed by atoms with E-state index >= 15 is 0 Å². The molecule has 0 rings (SSSR count). The normalized spacial score (nSPS) is 12.4. The van der Waals surface area contributed by atoms with Gasteiger partial charge in [-0.15, -0.1) is 0 Å². The van der Waals surface area contributed by atoms with Gasteiger partial charge in [-0.25, -0.2) is 0 Å². The Balaban J connectivity index is 4.30. The summed E-state index contributed by atoms with van der Waals surface area (Å²) in [5, 5.41) is 0. The largest absolute Gasteiger partial charge is 0.462 e. The molecule has 0 saturated carbocycles. The van der Waals surface area contributed by atoms with Crippen LogP contribution in [0.4, 0.5) is 0 Å². The van der Waals surface area contributed by atoms with E-state index in [1.165, 1.54) is 167 Å². The molecule has 0 unspecified atom stereocenters. The molecule has 0 aromatic heterocycles. The van der Waals surface area contributed by atoms with Crippen molar-refractivity contribution in [3.8, 4) is 0 Å². The first-order valence-corrected chi connectivity index (χ1v) is 28.1. The summed E-state index contributed by atoms with van der Waals surface area (Å²) in [6, 6.07) is 0. The van der Waals surface area contributed by atoms with E-state index < -0.39 is 6.10 Å². The Bertz CT molecular complexity index is 1140. The molecule has 0 aliphatic heterocycles. The maximum atomic E-state index is 12.8. The summed E-state index contributed by atoms with van der Waals surface area (Å²) in [7, 11) is 0. The SMILES string of the molecule is CCCC/C=C\CCCCCCCC(=O)O[C@H](COC(=O)CCCC/C=C\C/C=C\C/C=C\CCCCC)COC(=O)CCCCCCCCCCCCCCCCCCCCCCC.